The Labute approximate surface area is 152 Å². The largest absolute Gasteiger partial charge is 0.464 e. The Kier molecular flexibility index (Phi) is 17.2. The Bertz CT molecular complexity index is 380. The van der Waals surface area contributed by atoms with Crippen LogP contribution < -0.4 is 5.32 Å². The molecule has 25 heavy (non-hydrogen) atoms. The zero-order chi connectivity index (χ0) is 18.6. The van der Waals surface area contributed by atoms with Gasteiger partial charge < -0.3 is 14.8 Å². The number of allylic oxidation sites excluding steroid dienone is 2. The number of hydrogen-bond acceptors (Lipinski definition) is 4. The monoisotopic (exact) mass is 353 g/mol. The standard InChI is InChI=1S/C20H35NO4/c1-3-5-6-7-8-9-10-11-12-13-14-15-17-24-19(22)18-21-20(23)25-16-4-2/h4-6H,2-3,7-18H2,1H3,(H,21,23)/b6-5+. The predicted molar refractivity (Wildman–Crippen MR) is 101 cm³/mol. The van der Waals surface area contributed by atoms with Crippen molar-refractivity contribution >= 4 is 12.1 Å². The molecule has 0 heterocycles. The molecule has 1 N–H and O–H groups in total. The molecule has 1 amide bonds. The predicted octanol–water partition coefficient (Wildman–Crippen LogP) is 4.92. The highest BCUT2D eigenvalue weighted by molar-refractivity contribution is 5.77. The third kappa shape index (κ3) is 18.4. The quantitative estimate of drug-likeness (QED) is 0.243. The molecule has 0 aliphatic rings. The van der Waals surface area contributed by atoms with Crippen LogP contribution in [0.1, 0.15) is 71.1 Å². The normalized spacial score (nSPS) is 10.6. The van der Waals surface area contributed by atoms with Crippen molar-refractivity contribution in [3.05, 3.63) is 24.8 Å². The molecule has 0 aromatic heterocycles. The van der Waals surface area contributed by atoms with Crippen LogP contribution in [-0.2, 0) is 14.3 Å². The molecule has 0 bridgehead atoms. The van der Waals surface area contributed by atoms with Gasteiger partial charge in [-0.3, -0.25) is 4.79 Å². The Morgan fingerprint density at radius 2 is 1.56 bits per heavy atom. The number of amides is 1. The topological polar surface area (TPSA) is 64.6 Å². The first kappa shape index (κ1) is 23.2. The molecule has 0 unspecified atom stereocenters. The zero-order valence-corrected chi connectivity index (χ0v) is 15.8. The molecule has 0 aromatic rings. The van der Waals surface area contributed by atoms with Crippen molar-refractivity contribution < 1.29 is 19.1 Å². The van der Waals surface area contributed by atoms with Gasteiger partial charge in [-0.2, -0.15) is 0 Å². The van der Waals surface area contributed by atoms with E-state index in [1.165, 1.54) is 51.0 Å². The second kappa shape index (κ2) is 18.6. The maximum Gasteiger partial charge on any atom is 0.407 e. The van der Waals surface area contributed by atoms with Crippen molar-refractivity contribution in [1.29, 1.82) is 0 Å². The van der Waals surface area contributed by atoms with Crippen molar-refractivity contribution in [3.8, 4) is 0 Å². The Hall–Kier alpha value is -1.78. The highest BCUT2D eigenvalue weighted by atomic mass is 16.6. The van der Waals surface area contributed by atoms with Crippen LogP contribution in [0.2, 0.25) is 0 Å². The summed E-state index contributed by atoms with van der Waals surface area (Å²) in [4.78, 5) is 22.5. The van der Waals surface area contributed by atoms with E-state index >= 15 is 0 Å². The average molecular weight is 354 g/mol. The number of alkyl carbamates (subject to hydrolysis) is 1. The maximum atomic E-state index is 11.4. The number of rotatable bonds is 16. The number of nitrogens with one attached hydrogen (secondary N) is 1. The lowest BCUT2D eigenvalue weighted by Gasteiger charge is -2.06. The van der Waals surface area contributed by atoms with Crippen LogP contribution >= 0.6 is 0 Å². The Morgan fingerprint density at radius 1 is 0.920 bits per heavy atom. The molecule has 0 saturated carbocycles. The number of hydrogen-bond donors (Lipinski definition) is 1. The first-order chi connectivity index (χ1) is 12.2. The van der Waals surface area contributed by atoms with Crippen molar-refractivity contribution in [2.45, 2.75) is 71.1 Å². The van der Waals surface area contributed by atoms with Gasteiger partial charge in [0, 0.05) is 0 Å². The molecular weight excluding hydrogens is 318 g/mol. The molecule has 0 spiro atoms. The lowest BCUT2D eigenvalue weighted by atomic mass is 10.1. The van der Waals surface area contributed by atoms with Crippen molar-refractivity contribution in [3.63, 3.8) is 0 Å². The molecule has 0 saturated heterocycles. The third-order valence-electron chi connectivity index (χ3n) is 3.64. The van der Waals surface area contributed by atoms with Crippen LogP contribution in [-0.4, -0.2) is 31.8 Å². The average Bonchev–Trinajstić information content (AvgIpc) is 2.62. The smallest absolute Gasteiger partial charge is 0.407 e. The zero-order valence-electron chi connectivity index (χ0n) is 15.8. The van der Waals surface area contributed by atoms with E-state index in [0.717, 1.165) is 19.3 Å². The van der Waals surface area contributed by atoms with Gasteiger partial charge in [0.05, 0.1) is 6.61 Å². The van der Waals surface area contributed by atoms with Gasteiger partial charge in [0.1, 0.15) is 13.2 Å². The maximum absolute atomic E-state index is 11.4. The molecule has 144 valence electrons. The number of unbranched alkanes of at least 4 members (excludes halogenated alkanes) is 8. The van der Waals surface area contributed by atoms with E-state index in [9.17, 15) is 9.59 Å². The minimum atomic E-state index is -0.641. The molecule has 0 radical (unpaired) electrons. The van der Waals surface area contributed by atoms with Crippen LogP contribution in [0, 0.1) is 0 Å². The van der Waals surface area contributed by atoms with E-state index in [2.05, 4.69) is 35.7 Å². The minimum Gasteiger partial charge on any atom is -0.464 e. The highest BCUT2D eigenvalue weighted by Gasteiger charge is 2.06. The fraction of sp³-hybridized carbons (Fsp3) is 0.700. The highest BCUT2D eigenvalue weighted by Crippen LogP contribution is 2.10. The summed E-state index contributed by atoms with van der Waals surface area (Å²) in [6.45, 7) is 5.96. The minimum absolute atomic E-state index is 0.122. The SMILES string of the molecule is C=CCOC(=O)NCC(=O)OCCCCCCCCCC/C=C/CC. The number of carbonyl (C=O) groups is 2. The summed E-state index contributed by atoms with van der Waals surface area (Å²) >= 11 is 0. The summed E-state index contributed by atoms with van der Waals surface area (Å²) in [6.07, 6.45) is 17.2. The van der Waals surface area contributed by atoms with E-state index in [1.807, 2.05) is 0 Å². The van der Waals surface area contributed by atoms with E-state index in [1.54, 1.807) is 0 Å². The van der Waals surface area contributed by atoms with Crippen LogP contribution in [0.15, 0.2) is 24.8 Å². The first-order valence-electron chi connectivity index (χ1n) is 9.52. The lowest BCUT2D eigenvalue weighted by molar-refractivity contribution is -0.142. The summed E-state index contributed by atoms with van der Waals surface area (Å²) in [6, 6.07) is 0. The fourth-order valence-electron chi connectivity index (χ4n) is 2.28. The summed E-state index contributed by atoms with van der Waals surface area (Å²) in [5.41, 5.74) is 0. The second-order valence-corrected chi connectivity index (χ2v) is 5.96. The second-order valence-electron chi connectivity index (χ2n) is 5.96. The summed E-state index contributed by atoms with van der Waals surface area (Å²) in [5, 5.41) is 2.33. The Morgan fingerprint density at radius 3 is 2.20 bits per heavy atom. The van der Waals surface area contributed by atoms with Gasteiger partial charge in [0.25, 0.3) is 0 Å². The molecule has 0 fully saturated rings. The van der Waals surface area contributed by atoms with Gasteiger partial charge in [0.15, 0.2) is 0 Å². The van der Waals surface area contributed by atoms with Crippen molar-refractivity contribution in [2.24, 2.45) is 0 Å². The van der Waals surface area contributed by atoms with Gasteiger partial charge >= 0.3 is 12.1 Å². The van der Waals surface area contributed by atoms with Crippen LogP contribution in [0.5, 0.6) is 0 Å². The number of ether oxygens (including phenoxy) is 2. The molecule has 0 aromatic carbocycles. The summed E-state index contributed by atoms with van der Waals surface area (Å²) in [7, 11) is 0. The molecular formula is C20H35NO4. The molecule has 0 aliphatic heterocycles. The molecule has 5 heteroatoms. The Balaban J connectivity index is 3.27. The van der Waals surface area contributed by atoms with E-state index in [0.29, 0.717) is 6.61 Å². The molecule has 0 atom stereocenters. The first-order valence-corrected chi connectivity index (χ1v) is 9.52. The van der Waals surface area contributed by atoms with Gasteiger partial charge in [-0.05, 0) is 25.7 Å². The van der Waals surface area contributed by atoms with Gasteiger partial charge in [-0.1, -0.05) is 70.3 Å². The van der Waals surface area contributed by atoms with Crippen LogP contribution in [0.25, 0.3) is 0 Å². The van der Waals surface area contributed by atoms with Crippen LogP contribution in [0.3, 0.4) is 0 Å². The number of esters is 1. The van der Waals surface area contributed by atoms with Gasteiger partial charge in [-0.15, -0.1) is 0 Å². The van der Waals surface area contributed by atoms with Crippen LogP contribution in [0.4, 0.5) is 4.79 Å². The van der Waals surface area contributed by atoms with E-state index in [4.69, 9.17) is 4.74 Å². The summed E-state index contributed by atoms with van der Waals surface area (Å²) < 4.78 is 9.74. The number of carbonyl (C=O) groups excluding carboxylic acids is 2. The third-order valence-corrected chi connectivity index (χ3v) is 3.64. The molecule has 0 rings (SSSR count). The molecule has 0 aliphatic carbocycles. The van der Waals surface area contributed by atoms with E-state index in [-0.39, 0.29) is 13.2 Å². The van der Waals surface area contributed by atoms with Gasteiger partial charge in [0.2, 0.25) is 0 Å². The lowest BCUT2D eigenvalue weighted by Crippen LogP contribution is -2.31. The fourth-order valence-corrected chi connectivity index (χ4v) is 2.28. The van der Waals surface area contributed by atoms with Gasteiger partial charge in [-0.25, -0.2) is 4.79 Å². The molecule has 5 nitrogen and oxygen atoms in total. The summed E-state index contributed by atoms with van der Waals surface area (Å²) in [5.74, 6) is -0.437. The van der Waals surface area contributed by atoms with Crippen molar-refractivity contribution in [2.75, 3.05) is 19.8 Å². The van der Waals surface area contributed by atoms with Crippen molar-refractivity contribution in [1.82, 2.24) is 5.32 Å². The van der Waals surface area contributed by atoms with E-state index < -0.39 is 12.1 Å².